The van der Waals surface area contributed by atoms with Crippen LogP contribution in [0.4, 0.5) is 5.82 Å². The van der Waals surface area contributed by atoms with Gasteiger partial charge in [-0.2, -0.15) is 9.97 Å². The van der Waals surface area contributed by atoms with E-state index in [2.05, 4.69) is 15.0 Å². The van der Waals surface area contributed by atoms with Gasteiger partial charge >= 0.3 is 14.6 Å². The molecule has 3 heterocycles. The lowest BCUT2D eigenvalue weighted by atomic mass is 10.1. The fourth-order valence-corrected chi connectivity index (χ4v) is 3.59. The Balaban J connectivity index is 1.78. The SMILES string of the molecule is CCOC(=O)[C@@](C)(OC[C@H]1O[C@@H](n2cnc3c(N)nc(Cl)nc32)[C@H](O)[C@@H]1O)OP(O)O. The number of esters is 1. The van der Waals surface area contributed by atoms with Gasteiger partial charge in [-0.1, -0.05) is 0 Å². The molecule has 14 nitrogen and oxygen atoms in total. The van der Waals surface area contributed by atoms with Gasteiger partial charge in [-0.05, 0) is 18.5 Å². The number of nitrogens with zero attached hydrogens (tertiary/aromatic N) is 4. The second-order valence-electron chi connectivity index (χ2n) is 6.57. The number of imidazole rings is 1. The topological polar surface area (TPSA) is 205 Å². The molecule has 31 heavy (non-hydrogen) atoms. The zero-order chi connectivity index (χ0) is 22.9. The van der Waals surface area contributed by atoms with Crippen LogP contribution in [-0.4, -0.2) is 82.8 Å². The summed E-state index contributed by atoms with van der Waals surface area (Å²) in [6, 6.07) is 0. The Morgan fingerprint density at radius 3 is 2.74 bits per heavy atom. The molecule has 0 bridgehead atoms. The van der Waals surface area contributed by atoms with E-state index >= 15 is 0 Å². The lowest BCUT2D eigenvalue weighted by Gasteiger charge is -2.28. The number of nitrogens with two attached hydrogens (primary N) is 1. The molecule has 172 valence electrons. The molecule has 16 heteroatoms. The standard InChI is InChI=1S/C15H21ClN5O9P/c1-3-27-13(24)15(2,30-31(25)26)28-4-6-8(22)9(23)12(29-6)21-5-18-7-10(17)19-14(16)20-11(7)21/h5-6,8-9,12,22-23,25-26H,3-4H2,1-2H3,(H2,17,19,20)/t6-,8-,9-,12-,15+/m1/s1. The summed E-state index contributed by atoms with van der Waals surface area (Å²) < 4.78 is 22.0. The van der Waals surface area contributed by atoms with Crippen LogP contribution in [-0.2, 0) is 23.5 Å². The fraction of sp³-hybridized carbons (Fsp3) is 0.600. The minimum Gasteiger partial charge on any atom is -0.462 e. The van der Waals surface area contributed by atoms with E-state index in [0.717, 1.165) is 6.92 Å². The number of hydrogen-bond acceptors (Lipinski definition) is 13. The number of nitrogen functional groups attached to an aromatic ring is 1. The Morgan fingerprint density at radius 2 is 2.10 bits per heavy atom. The average molecular weight is 482 g/mol. The molecule has 3 rings (SSSR count). The van der Waals surface area contributed by atoms with E-state index in [4.69, 9.17) is 45.9 Å². The molecule has 1 aliphatic heterocycles. The van der Waals surface area contributed by atoms with Gasteiger partial charge in [0, 0.05) is 6.92 Å². The minimum atomic E-state index is -2.97. The first kappa shape index (κ1) is 23.9. The van der Waals surface area contributed by atoms with E-state index in [1.165, 1.54) is 10.9 Å². The highest BCUT2D eigenvalue weighted by molar-refractivity contribution is 7.39. The molecule has 2 aromatic rings. The zero-order valence-electron chi connectivity index (χ0n) is 16.3. The Bertz CT molecular complexity index is 949. The average Bonchev–Trinajstić information content (AvgIpc) is 3.22. The number of fused-ring (bicyclic) bond motifs is 1. The third-order valence-electron chi connectivity index (χ3n) is 4.46. The van der Waals surface area contributed by atoms with E-state index in [1.807, 2.05) is 0 Å². The number of ether oxygens (including phenoxy) is 3. The molecule has 6 N–H and O–H groups in total. The molecule has 0 radical (unpaired) electrons. The van der Waals surface area contributed by atoms with Crippen molar-refractivity contribution in [3.63, 3.8) is 0 Å². The monoisotopic (exact) mass is 481 g/mol. The highest BCUT2D eigenvalue weighted by atomic mass is 35.5. The quantitative estimate of drug-likeness (QED) is 0.136. The molecular weight excluding hydrogens is 461 g/mol. The Labute approximate surface area is 181 Å². The van der Waals surface area contributed by atoms with Crippen molar-refractivity contribution in [1.82, 2.24) is 19.5 Å². The van der Waals surface area contributed by atoms with Crippen LogP contribution in [0.15, 0.2) is 6.33 Å². The number of carbonyl (C=O) groups is 1. The smallest absolute Gasteiger partial charge is 0.366 e. The lowest BCUT2D eigenvalue weighted by Crippen LogP contribution is -2.45. The lowest BCUT2D eigenvalue weighted by molar-refractivity contribution is -0.223. The van der Waals surface area contributed by atoms with Crippen molar-refractivity contribution in [1.29, 1.82) is 0 Å². The van der Waals surface area contributed by atoms with E-state index in [0.29, 0.717) is 0 Å². The van der Waals surface area contributed by atoms with Crippen molar-refractivity contribution in [3.05, 3.63) is 11.6 Å². The van der Waals surface area contributed by atoms with Gasteiger partial charge in [0.25, 0.3) is 5.79 Å². The van der Waals surface area contributed by atoms with E-state index in [-0.39, 0.29) is 28.9 Å². The molecule has 0 aliphatic carbocycles. The molecule has 1 aliphatic rings. The summed E-state index contributed by atoms with van der Waals surface area (Å²) in [7, 11) is -2.97. The van der Waals surface area contributed by atoms with Gasteiger partial charge in [-0.15, -0.1) is 0 Å². The second kappa shape index (κ2) is 9.40. The summed E-state index contributed by atoms with van der Waals surface area (Å²) in [5, 5.41) is 20.7. The fourth-order valence-electron chi connectivity index (χ4n) is 2.98. The zero-order valence-corrected chi connectivity index (χ0v) is 18.0. The number of carbonyl (C=O) groups excluding carboxylic acids is 1. The van der Waals surface area contributed by atoms with Gasteiger partial charge < -0.3 is 39.9 Å². The molecule has 0 saturated carbocycles. The first-order valence-corrected chi connectivity index (χ1v) is 10.5. The van der Waals surface area contributed by atoms with Crippen LogP contribution in [0.3, 0.4) is 0 Å². The molecular formula is C15H21ClN5O9P. The Hall–Kier alpha value is -1.74. The molecule has 1 saturated heterocycles. The van der Waals surface area contributed by atoms with Gasteiger partial charge in [0.2, 0.25) is 5.28 Å². The number of aliphatic hydroxyl groups excluding tert-OH is 2. The summed E-state index contributed by atoms with van der Waals surface area (Å²) in [6.45, 7) is 2.17. The van der Waals surface area contributed by atoms with Crippen molar-refractivity contribution < 1.29 is 43.5 Å². The van der Waals surface area contributed by atoms with Crippen molar-refractivity contribution in [2.24, 2.45) is 0 Å². The third kappa shape index (κ3) is 4.87. The molecule has 1 fully saturated rings. The van der Waals surface area contributed by atoms with Crippen LogP contribution < -0.4 is 5.73 Å². The van der Waals surface area contributed by atoms with Crippen molar-refractivity contribution >= 4 is 43.2 Å². The van der Waals surface area contributed by atoms with Crippen LogP contribution >= 0.6 is 20.2 Å². The van der Waals surface area contributed by atoms with Gasteiger partial charge in [0.15, 0.2) is 17.7 Å². The number of aliphatic hydroxyl groups is 2. The van der Waals surface area contributed by atoms with Crippen molar-refractivity contribution in [2.45, 2.75) is 44.2 Å². The number of hydrogen-bond donors (Lipinski definition) is 5. The highest BCUT2D eigenvalue weighted by Crippen LogP contribution is 2.36. The summed E-state index contributed by atoms with van der Waals surface area (Å²) in [6.07, 6.45) is -3.90. The van der Waals surface area contributed by atoms with Gasteiger partial charge in [0.05, 0.1) is 19.5 Å². The maximum Gasteiger partial charge on any atom is 0.366 e. The predicted octanol–water partition coefficient (Wildman–Crippen LogP) is -0.795. The Morgan fingerprint density at radius 1 is 1.39 bits per heavy atom. The third-order valence-corrected chi connectivity index (χ3v) is 5.14. The number of anilines is 1. The minimum absolute atomic E-state index is 0.0134. The summed E-state index contributed by atoms with van der Waals surface area (Å²) in [4.78, 5) is 42.3. The number of rotatable bonds is 8. The first-order valence-electron chi connectivity index (χ1n) is 8.92. The van der Waals surface area contributed by atoms with Crippen molar-refractivity contribution in [3.8, 4) is 0 Å². The predicted molar refractivity (Wildman–Crippen MR) is 104 cm³/mol. The van der Waals surface area contributed by atoms with E-state index in [9.17, 15) is 15.0 Å². The molecule has 0 spiro atoms. The Kier molecular flexibility index (Phi) is 7.25. The molecule has 2 aromatic heterocycles. The first-order chi connectivity index (χ1) is 14.6. The molecule has 0 unspecified atom stereocenters. The largest absolute Gasteiger partial charge is 0.462 e. The van der Waals surface area contributed by atoms with E-state index in [1.54, 1.807) is 6.92 Å². The summed E-state index contributed by atoms with van der Waals surface area (Å²) in [5.41, 5.74) is 6.15. The molecule has 5 atom stereocenters. The van der Waals surface area contributed by atoms with Crippen LogP contribution in [0.25, 0.3) is 11.2 Å². The summed E-state index contributed by atoms with van der Waals surface area (Å²) >= 11 is 5.84. The van der Waals surface area contributed by atoms with E-state index < -0.39 is 51.5 Å². The van der Waals surface area contributed by atoms with Gasteiger partial charge in [-0.3, -0.25) is 9.09 Å². The normalized spacial score (nSPS) is 25.8. The molecule has 0 amide bonds. The maximum atomic E-state index is 12.1. The van der Waals surface area contributed by atoms with Crippen LogP contribution in [0.1, 0.15) is 20.1 Å². The van der Waals surface area contributed by atoms with Gasteiger partial charge in [-0.25, -0.2) is 9.78 Å². The van der Waals surface area contributed by atoms with Crippen molar-refractivity contribution in [2.75, 3.05) is 18.9 Å². The van der Waals surface area contributed by atoms with Crippen LogP contribution in [0.2, 0.25) is 5.28 Å². The number of aromatic nitrogens is 4. The van der Waals surface area contributed by atoms with Gasteiger partial charge in [0.1, 0.15) is 23.8 Å². The number of halogens is 1. The molecule has 0 aromatic carbocycles. The highest BCUT2D eigenvalue weighted by Gasteiger charge is 2.47. The van der Waals surface area contributed by atoms with Crippen LogP contribution in [0.5, 0.6) is 0 Å². The van der Waals surface area contributed by atoms with Crippen LogP contribution in [0, 0.1) is 0 Å². The maximum absolute atomic E-state index is 12.1. The second-order valence-corrected chi connectivity index (χ2v) is 7.60. The summed E-state index contributed by atoms with van der Waals surface area (Å²) in [5.74, 6) is -3.18.